The number of unbranched alkanes of at least 4 members (excludes halogenated alkanes) is 1. The lowest BCUT2D eigenvalue weighted by molar-refractivity contribution is -0.116. The molecular weight excluding hydrogens is 199 g/mol. The van der Waals surface area contributed by atoms with Crippen LogP contribution in [0, 0.1) is 0 Å². The molecule has 0 unspecified atom stereocenters. The molecule has 0 atom stereocenters. The lowest BCUT2D eigenvalue weighted by Gasteiger charge is -1.99. The molecule has 0 aromatic carbocycles. The molecule has 0 radical (unpaired) electrons. The predicted octanol–water partition coefficient (Wildman–Crippen LogP) is 0.747. The minimum atomic E-state index is 0. The van der Waals surface area contributed by atoms with Gasteiger partial charge in [0.05, 0.1) is 6.54 Å². The number of Topliss-reactive ketones (excluding diaryl/α,β-unsaturated/α-hetero) is 1. The summed E-state index contributed by atoms with van der Waals surface area (Å²) < 4.78 is 0. The fourth-order valence-electron chi connectivity index (χ4n) is 0.659. The minimum absolute atomic E-state index is 0. The molecule has 0 aliphatic heterocycles. The second-order valence-corrected chi connectivity index (χ2v) is 2.37. The van der Waals surface area contributed by atoms with Gasteiger partial charge in [0.1, 0.15) is 5.78 Å². The lowest BCUT2D eigenvalue weighted by Crippen LogP contribution is -2.22. The summed E-state index contributed by atoms with van der Waals surface area (Å²) in [4.78, 5) is 10.4. The quantitative estimate of drug-likeness (QED) is 0.645. The van der Waals surface area contributed by atoms with Crippen molar-refractivity contribution in [2.45, 2.75) is 19.8 Å². The molecule has 5 heteroatoms. The monoisotopic (exact) mass is 216 g/mol. The third-order valence-corrected chi connectivity index (χ3v) is 1.18. The van der Waals surface area contributed by atoms with E-state index in [4.69, 9.17) is 5.73 Å². The SMILES string of the molecule is CC(=O)CNCCCCN.Cl.Cl. The number of nitrogens with two attached hydrogens (primary N) is 1. The minimum Gasteiger partial charge on any atom is -0.330 e. The number of nitrogens with one attached hydrogen (secondary N) is 1. The van der Waals surface area contributed by atoms with E-state index in [1.165, 1.54) is 0 Å². The van der Waals surface area contributed by atoms with Crippen molar-refractivity contribution in [2.75, 3.05) is 19.6 Å². The summed E-state index contributed by atoms with van der Waals surface area (Å²) in [5, 5.41) is 3.01. The predicted molar refractivity (Wildman–Crippen MR) is 56.3 cm³/mol. The van der Waals surface area contributed by atoms with Crippen LogP contribution in [0.5, 0.6) is 0 Å². The van der Waals surface area contributed by atoms with Gasteiger partial charge < -0.3 is 11.1 Å². The van der Waals surface area contributed by atoms with Gasteiger partial charge in [-0.2, -0.15) is 0 Å². The number of ketones is 1. The van der Waals surface area contributed by atoms with Gasteiger partial charge in [-0.25, -0.2) is 0 Å². The van der Waals surface area contributed by atoms with Crippen LogP contribution in [0.15, 0.2) is 0 Å². The van der Waals surface area contributed by atoms with Crippen molar-refractivity contribution >= 4 is 30.6 Å². The normalized spacial score (nSPS) is 8.17. The van der Waals surface area contributed by atoms with Gasteiger partial charge in [0.25, 0.3) is 0 Å². The zero-order chi connectivity index (χ0) is 7.82. The molecule has 76 valence electrons. The Hall–Kier alpha value is 0.170. The molecule has 0 amide bonds. The summed E-state index contributed by atoms with van der Waals surface area (Å²) in [5.41, 5.74) is 5.28. The van der Waals surface area contributed by atoms with E-state index in [0.717, 1.165) is 25.9 Å². The second kappa shape index (κ2) is 13.7. The zero-order valence-corrected chi connectivity index (χ0v) is 8.97. The number of carbonyl (C=O) groups is 1. The Kier molecular flexibility index (Phi) is 20.7. The third kappa shape index (κ3) is 16.6. The molecule has 12 heavy (non-hydrogen) atoms. The van der Waals surface area contributed by atoms with Gasteiger partial charge in [0.15, 0.2) is 0 Å². The second-order valence-electron chi connectivity index (χ2n) is 2.37. The molecule has 0 saturated carbocycles. The largest absolute Gasteiger partial charge is 0.330 e. The Morgan fingerprint density at radius 2 is 1.92 bits per heavy atom. The number of carbonyl (C=O) groups excluding carboxylic acids is 1. The smallest absolute Gasteiger partial charge is 0.143 e. The molecule has 0 saturated heterocycles. The van der Waals surface area contributed by atoms with Crippen LogP contribution >= 0.6 is 24.8 Å². The average Bonchev–Trinajstić information content (AvgIpc) is 1.87. The Morgan fingerprint density at radius 3 is 2.33 bits per heavy atom. The summed E-state index contributed by atoms with van der Waals surface area (Å²) in [6.07, 6.45) is 2.09. The summed E-state index contributed by atoms with van der Waals surface area (Å²) >= 11 is 0. The Labute approximate surface area is 86.3 Å². The van der Waals surface area contributed by atoms with Crippen LogP contribution in [-0.2, 0) is 4.79 Å². The van der Waals surface area contributed by atoms with Crippen molar-refractivity contribution in [1.29, 1.82) is 0 Å². The van der Waals surface area contributed by atoms with Crippen LogP contribution in [0.1, 0.15) is 19.8 Å². The topological polar surface area (TPSA) is 55.1 Å². The van der Waals surface area contributed by atoms with Crippen molar-refractivity contribution < 1.29 is 4.79 Å². The van der Waals surface area contributed by atoms with Gasteiger partial charge in [0, 0.05) is 0 Å². The number of halogens is 2. The van der Waals surface area contributed by atoms with Crippen molar-refractivity contribution in [3.8, 4) is 0 Å². The van der Waals surface area contributed by atoms with E-state index in [2.05, 4.69) is 5.32 Å². The van der Waals surface area contributed by atoms with Crippen LogP contribution in [0.2, 0.25) is 0 Å². The Morgan fingerprint density at radius 1 is 1.33 bits per heavy atom. The first-order valence-corrected chi connectivity index (χ1v) is 3.67. The highest BCUT2D eigenvalue weighted by atomic mass is 35.5. The van der Waals surface area contributed by atoms with Gasteiger partial charge in [-0.05, 0) is 32.9 Å². The first-order chi connectivity index (χ1) is 4.77. The van der Waals surface area contributed by atoms with Gasteiger partial charge in [0.2, 0.25) is 0 Å². The lowest BCUT2D eigenvalue weighted by atomic mass is 10.3. The molecule has 0 heterocycles. The van der Waals surface area contributed by atoms with Crippen molar-refractivity contribution in [3.05, 3.63) is 0 Å². The van der Waals surface area contributed by atoms with E-state index in [0.29, 0.717) is 6.54 Å². The van der Waals surface area contributed by atoms with Crippen molar-refractivity contribution in [3.63, 3.8) is 0 Å². The Bertz CT molecular complexity index is 101. The van der Waals surface area contributed by atoms with E-state index in [-0.39, 0.29) is 30.6 Å². The number of rotatable bonds is 6. The molecule has 3 N–H and O–H groups in total. The van der Waals surface area contributed by atoms with Crippen LogP contribution in [0.3, 0.4) is 0 Å². The van der Waals surface area contributed by atoms with Gasteiger partial charge in [-0.15, -0.1) is 24.8 Å². The first kappa shape index (κ1) is 18.1. The van der Waals surface area contributed by atoms with Crippen molar-refractivity contribution in [2.24, 2.45) is 5.73 Å². The summed E-state index contributed by atoms with van der Waals surface area (Å²) in [7, 11) is 0. The molecule has 0 fully saturated rings. The maximum atomic E-state index is 10.4. The molecule has 0 aromatic heterocycles. The summed E-state index contributed by atoms with van der Waals surface area (Å²) in [6.45, 7) is 3.71. The van der Waals surface area contributed by atoms with E-state index in [9.17, 15) is 4.79 Å². The number of hydrogen-bond donors (Lipinski definition) is 2. The fraction of sp³-hybridized carbons (Fsp3) is 0.857. The van der Waals surface area contributed by atoms with Crippen LogP contribution in [0.25, 0.3) is 0 Å². The molecular formula is C7H18Cl2N2O. The standard InChI is InChI=1S/C7H16N2O.2ClH/c1-7(10)6-9-5-3-2-4-8;;/h9H,2-6,8H2,1H3;2*1H. The zero-order valence-electron chi connectivity index (χ0n) is 7.34. The van der Waals surface area contributed by atoms with Crippen LogP contribution in [-0.4, -0.2) is 25.4 Å². The maximum absolute atomic E-state index is 10.4. The average molecular weight is 217 g/mol. The fourth-order valence-corrected chi connectivity index (χ4v) is 0.659. The van der Waals surface area contributed by atoms with Crippen LogP contribution < -0.4 is 11.1 Å². The van der Waals surface area contributed by atoms with Crippen LogP contribution in [0.4, 0.5) is 0 Å². The maximum Gasteiger partial charge on any atom is 0.143 e. The van der Waals surface area contributed by atoms with Crippen molar-refractivity contribution in [1.82, 2.24) is 5.32 Å². The van der Waals surface area contributed by atoms with E-state index < -0.39 is 0 Å². The molecule has 0 spiro atoms. The highest BCUT2D eigenvalue weighted by molar-refractivity contribution is 5.85. The van der Waals surface area contributed by atoms with E-state index >= 15 is 0 Å². The van der Waals surface area contributed by atoms with Gasteiger partial charge in [-0.1, -0.05) is 0 Å². The first-order valence-electron chi connectivity index (χ1n) is 3.67. The van der Waals surface area contributed by atoms with E-state index in [1.54, 1.807) is 6.92 Å². The Balaban J connectivity index is -0.000000405. The number of hydrogen-bond acceptors (Lipinski definition) is 3. The van der Waals surface area contributed by atoms with Gasteiger partial charge >= 0.3 is 0 Å². The molecule has 0 rings (SSSR count). The molecule has 3 nitrogen and oxygen atoms in total. The van der Waals surface area contributed by atoms with Gasteiger partial charge in [-0.3, -0.25) is 4.79 Å². The molecule has 0 bridgehead atoms. The summed E-state index contributed by atoms with van der Waals surface area (Å²) in [6, 6.07) is 0. The molecule has 0 aliphatic rings. The highest BCUT2D eigenvalue weighted by Crippen LogP contribution is 1.81. The highest BCUT2D eigenvalue weighted by Gasteiger charge is 1.90. The molecule has 0 aromatic rings. The summed E-state index contributed by atoms with van der Waals surface area (Å²) in [5.74, 6) is 0.188. The van der Waals surface area contributed by atoms with E-state index in [1.807, 2.05) is 0 Å². The molecule has 0 aliphatic carbocycles. The third-order valence-electron chi connectivity index (χ3n) is 1.18.